The number of hydrogen-bond donors (Lipinski definition) is 3. The molecule has 1 aromatic rings. The molecule has 0 aliphatic rings. The number of benzene rings is 1. The van der Waals surface area contributed by atoms with Gasteiger partial charge in [0.25, 0.3) is 5.91 Å². The predicted octanol–water partition coefficient (Wildman–Crippen LogP) is 1.21. The predicted molar refractivity (Wildman–Crippen MR) is 112 cm³/mol. The number of hydrogen-bond acceptors (Lipinski definition) is 8. The molecule has 1 aromatic carbocycles. The Morgan fingerprint density at radius 2 is 2.00 bits per heavy atom. The van der Waals surface area contributed by atoms with E-state index in [1.807, 2.05) is 0 Å². The van der Waals surface area contributed by atoms with Crippen LogP contribution in [0.2, 0.25) is 0 Å². The van der Waals surface area contributed by atoms with Crippen LogP contribution in [0.4, 0.5) is 10.5 Å². The fraction of sp³-hybridized carbons (Fsp3) is 0.389. The van der Waals surface area contributed by atoms with Crippen LogP contribution >= 0.6 is 0 Å². The van der Waals surface area contributed by atoms with Crippen LogP contribution in [0.5, 0.6) is 5.75 Å². The van der Waals surface area contributed by atoms with Crippen molar-refractivity contribution in [1.29, 1.82) is 0 Å². The molecule has 0 radical (unpaired) electrons. The molecule has 1 rings (SSSR count). The third kappa shape index (κ3) is 7.04. The van der Waals surface area contributed by atoms with E-state index in [4.69, 9.17) is 15.2 Å². The molecule has 0 heterocycles. The van der Waals surface area contributed by atoms with Crippen molar-refractivity contribution in [3.05, 3.63) is 35.3 Å². The number of para-hydroxylation sites is 1. The van der Waals surface area contributed by atoms with Gasteiger partial charge >= 0.3 is 6.09 Å². The summed E-state index contributed by atoms with van der Waals surface area (Å²) in [7, 11) is 2.55. The van der Waals surface area contributed by atoms with E-state index < -0.39 is 34.7 Å². The van der Waals surface area contributed by atoms with Crippen molar-refractivity contribution >= 4 is 35.7 Å². The van der Waals surface area contributed by atoms with E-state index in [1.54, 1.807) is 39.0 Å². The SMILES string of the molecule is C=N/C(C(=O)Nc1cccc(CNC(=O)OC(C)(C)C)c1OC)=C(/N)N(C)S(=O)[O-]. The van der Waals surface area contributed by atoms with E-state index in [9.17, 15) is 18.4 Å². The van der Waals surface area contributed by atoms with E-state index in [0.29, 0.717) is 9.87 Å². The van der Waals surface area contributed by atoms with Crippen molar-refractivity contribution in [3.63, 3.8) is 0 Å². The van der Waals surface area contributed by atoms with Gasteiger partial charge in [-0.25, -0.2) is 4.79 Å². The molecular weight excluding hydrogens is 414 g/mol. The molecule has 4 N–H and O–H groups in total. The van der Waals surface area contributed by atoms with Gasteiger partial charge in [0.1, 0.15) is 17.2 Å². The van der Waals surface area contributed by atoms with Crippen molar-refractivity contribution in [2.75, 3.05) is 19.5 Å². The molecule has 166 valence electrons. The van der Waals surface area contributed by atoms with Gasteiger partial charge in [0.15, 0.2) is 5.70 Å². The zero-order valence-corrected chi connectivity index (χ0v) is 18.3. The summed E-state index contributed by atoms with van der Waals surface area (Å²) in [5.41, 5.74) is 5.46. The molecule has 2 amide bonds. The normalized spacial score (nSPS) is 12.9. The number of carbonyl (C=O) groups excluding carboxylic acids is 2. The molecule has 1 atom stereocenters. The Morgan fingerprint density at radius 1 is 1.37 bits per heavy atom. The number of aliphatic imine (C=N–C) groups is 1. The standard InChI is InChI=1S/C18H27N5O6S/c1-18(2,3)29-17(25)21-10-11-8-7-9-12(14(11)28-6)22-16(24)13(20-4)15(19)23(5)30(26)27/h7-9H,4,10,19H2,1-3,5-6H3,(H,21,25)(H,22,24)(H,26,27)/p-1/b15-13-. The number of nitrogens with zero attached hydrogens (tertiary/aromatic N) is 2. The summed E-state index contributed by atoms with van der Waals surface area (Å²) in [6, 6.07) is 4.88. The van der Waals surface area contributed by atoms with Crippen LogP contribution in [0.25, 0.3) is 0 Å². The van der Waals surface area contributed by atoms with Crippen molar-refractivity contribution in [2.24, 2.45) is 10.7 Å². The monoisotopic (exact) mass is 440 g/mol. The molecule has 11 nitrogen and oxygen atoms in total. The number of nitrogens with one attached hydrogen (secondary N) is 2. The smallest absolute Gasteiger partial charge is 0.407 e. The molecule has 12 heteroatoms. The maximum Gasteiger partial charge on any atom is 0.407 e. The largest absolute Gasteiger partial charge is 0.755 e. The van der Waals surface area contributed by atoms with Crippen LogP contribution in [0.1, 0.15) is 26.3 Å². The van der Waals surface area contributed by atoms with Crippen LogP contribution in [-0.4, -0.2) is 51.5 Å². The maximum absolute atomic E-state index is 12.6. The van der Waals surface area contributed by atoms with Gasteiger partial charge in [-0.3, -0.25) is 18.3 Å². The fourth-order valence-electron chi connectivity index (χ4n) is 2.23. The fourth-order valence-corrected chi connectivity index (χ4v) is 2.47. The van der Waals surface area contributed by atoms with E-state index in [-0.39, 0.29) is 23.7 Å². The summed E-state index contributed by atoms with van der Waals surface area (Å²) in [6.07, 6.45) is -0.610. The van der Waals surface area contributed by atoms with Crippen molar-refractivity contribution < 1.29 is 27.8 Å². The quantitative estimate of drug-likeness (QED) is 0.311. The lowest BCUT2D eigenvalue weighted by atomic mass is 10.1. The minimum atomic E-state index is -2.69. The minimum absolute atomic E-state index is 0.0737. The number of amides is 2. The molecular formula is C18H26N5O6S-. The van der Waals surface area contributed by atoms with Gasteiger partial charge in [-0.2, -0.15) is 0 Å². The summed E-state index contributed by atoms with van der Waals surface area (Å²) in [5, 5.41) is 5.15. The molecule has 0 saturated carbocycles. The topological polar surface area (TPSA) is 158 Å². The maximum atomic E-state index is 12.6. The van der Waals surface area contributed by atoms with Gasteiger partial charge in [0.05, 0.1) is 12.8 Å². The van der Waals surface area contributed by atoms with Crippen LogP contribution < -0.4 is 21.1 Å². The molecule has 30 heavy (non-hydrogen) atoms. The molecule has 0 fully saturated rings. The first-order valence-electron chi connectivity index (χ1n) is 8.65. The summed E-state index contributed by atoms with van der Waals surface area (Å²) in [5.74, 6) is -0.919. The summed E-state index contributed by atoms with van der Waals surface area (Å²) < 4.78 is 33.3. The molecule has 1 unspecified atom stereocenters. The summed E-state index contributed by atoms with van der Waals surface area (Å²) >= 11 is -2.69. The van der Waals surface area contributed by atoms with Crippen LogP contribution in [0.15, 0.2) is 34.7 Å². The van der Waals surface area contributed by atoms with Crippen LogP contribution in [0.3, 0.4) is 0 Å². The third-order valence-corrected chi connectivity index (χ3v) is 4.19. The Balaban J connectivity index is 3.08. The average Bonchev–Trinajstić information content (AvgIpc) is 2.64. The van der Waals surface area contributed by atoms with E-state index in [1.165, 1.54) is 7.11 Å². The molecule has 0 aliphatic heterocycles. The van der Waals surface area contributed by atoms with Crippen molar-refractivity contribution in [2.45, 2.75) is 32.9 Å². The highest BCUT2D eigenvalue weighted by Gasteiger charge is 2.20. The van der Waals surface area contributed by atoms with Crippen LogP contribution in [-0.2, 0) is 27.3 Å². The third-order valence-electron chi connectivity index (χ3n) is 3.55. The molecule has 0 bridgehead atoms. The van der Waals surface area contributed by atoms with Gasteiger partial charge in [0.2, 0.25) is 0 Å². The lowest BCUT2D eigenvalue weighted by Gasteiger charge is -2.22. The van der Waals surface area contributed by atoms with Crippen molar-refractivity contribution in [1.82, 2.24) is 9.62 Å². The Bertz CT molecular complexity index is 865. The van der Waals surface area contributed by atoms with Gasteiger partial charge in [-0.15, -0.1) is 0 Å². The highest BCUT2D eigenvalue weighted by atomic mass is 32.2. The number of rotatable bonds is 8. The second-order valence-corrected chi connectivity index (χ2v) is 7.90. The van der Waals surface area contributed by atoms with Gasteiger partial charge in [0, 0.05) is 30.4 Å². The number of methoxy groups -OCH3 is 1. The van der Waals surface area contributed by atoms with E-state index in [0.717, 1.165) is 7.05 Å². The lowest BCUT2D eigenvalue weighted by molar-refractivity contribution is -0.113. The molecule has 0 saturated heterocycles. The summed E-state index contributed by atoms with van der Waals surface area (Å²) in [4.78, 5) is 28.0. The van der Waals surface area contributed by atoms with E-state index in [2.05, 4.69) is 22.3 Å². The zero-order valence-electron chi connectivity index (χ0n) is 17.5. The van der Waals surface area contributed by atoms with Crippen LogP contribution in [0, 0.1) is 0 Å². The second kappa shape index (κ2) is 10.6. The first-order chi connectivity index (χ1) is 13.9. The lowest BCUT2D eigenvalue weighted by Crippen LogP contribution is -2.32. The highest BCUT2D eigenvalue weighted by Crippen LogP contribution is 2.29. The van der Waals surface area contributed by atoms with Crippen molar-refractivity contribution in [3.8, 4) is 5.75 Å². The minimum Gasteiger partial charge on any atom is -0.755 e. The van der Waals surface area contributed by atoms with Gasteiger partial charge < -0.3 is 30.4 Å². The Kier molecular flexibility index (Phi) is 8.80. The van der Waals surface area contributed by atoms with E-state index >= 15 is 0 Å². The first-order valence-corrected chi connectivity index (χ1v) is 9.68. The molecule has 0 aromatic heterocycles. The summed E-state index contributed by atoms with van der Waals surface area (Å²) in [6.45, 7) is 8.56. The average molecular weight is 441 g/mol. The Hall–Kier alpha value is -3.12. The van der Waals surface area contributed by atoms with Gasteiger partial charge in [-0.1, -0.05) is 12.1 Å². The molecule has 0 spiro atoms. The Labute approximate surface area is 177 Å². The number of nitrogens with two attached hydrogens (primary N) is 1. The molecule has 0 aliphatic carbocycles. The first kappa shape index (κ1) is 24.9. The Morgan fingerprint density at radius 3 is 2.50 bits per heavy atom. The zero-order chi connectivity index (χ0) is 23.1. The number of anilines is 1. The number of ether oxygens (including phenoxy) is 2. The number of alkyl carbamates (subject to hydrolysis) is 1. The second-order valence-electron chi connectivity index (χ2n) is 6.91. The van der Waals surface area contributed by atoms with Gasteiger partial charge in [-0.05, 0) is 33.6 Å². The number of carbonyl (C=O) groups is 2. The highest BCUT2D eigenvalue weighted by molar-refractivity contribution is 7.76.